The number of nitrogens with zero attached hydrogens (tertiary/aromatic N) is 2. The number of hydrogen-bond donors (Lipinski definition) is 2. The van der Waals surface area contributed by atoms with Crippen LogP contribution >= 0.6 is 0 Å². The molecule has 2 aromatic rings. The molecule has 4 amide bonds. The van der Waals surface area contributed by atoms with E-state index in [0.29, 0.717) is 37.2 Å². The summed E-state index contributed by atoms with van der Waals surface area (Å²) in [6.45, 7) is 11.0. The van der Waals surface area contributed by atoms with Crippen molar-refractivity contribution in [2.75, 3.05) is 26.2 Å². The van der Waals surface area contributed by atoms with Gasteiger partial charge < -0.3 is 20.3 Å². The van der Waals surface area contributed by atoms with E-state index in [0.717, 1.165) is 37.1 Å². The number of carbonyl (C=O) groups excluding carboxylic acids is 3. The lowest BCUT2D eigenvalue weighted by Crippen LogP contribution is -2.73. The molecule has 2 N–H and O–H groups in total. The van der Waals surface area contributed by atoms with E-state index in [1.54, 1.807) is 24.3 Å². The number of β-lactam (4-membered cyclic amide) rings is 1. The number of imide groups is 1. The van der Waals surface area contributed by atoms with Crippen LogP contribution in [0.1, 0.15) is 74.0 Å². The zero-order chi connectivity index (χ0) is 27.3. The van der Waals surface area contributed by atoms with Crippen LogP contribution in [0.2, 0.25) is 0 Å². The van der Waals surface area contributed by atoms with Crippen LogP contribution in [0.4, 0.5) is 4.79 Å². The molecular weight excluding hydrogens is 480 g/mol. The third-order valence-corrected chi connectivity index (χ3v) is 7.94. The lowest BCUT2D eigenvalue weighted by Gasteiger charge is -2.53. The molecule has 0 bridgehead atoms. The van der Waals surface area contributed by atoms with Gasteiger partial charge >= 0.3 is 6.03 Å². The summed E-state index contributed by atoms with van der Waals surface area (Å²) in [7, 11) is 0. The fraction of sp³-hybridized carbons (Fsp3) is 0.500. The van der Waals surface area contributed by atoms with Crippen LogP contribution < -0.4 is 15.4 Å². The first kappa shape index (κ1) is 27.6. The van der Waals surface area contributed by atoms with Crippen molar-refractivity contribution in [3.05, 3.63) is 65.2 Å². The van der Waals surface area contributed by atoms with Crippen molar-refractivity contribution in [1.82, 2.24) is 20.4 Å². The molecule has 4 rings (SSSR count). The standard InChI is InChI=1S/C30H40N4O4/c1-5-8-25(22-11-9-21(4)10-12-22)32-29(37)34-27(36)30(6-2,7-3)28(34)38-24-15-13-23(14-16-24)26(35)33-19-17-31-18-20-33/h9-16,25,28,31H,5-8,17-20H2,1-4H3,(H,32,37)/t25-,28+/m1/s1. The lowest BCUT2D eigenvalue weighted by molar-refractivity contribution is -0.191. The predicted octanol–water partition coefficient (Wildman–Crippen LogP) is 4.64. The summed E-state index contributed by atoms with van der Waals surface area (Å²) in [5.74, 6) is 0.300. The quantitative estimate of drug-likeness (QED) is 0.470. The Balaban J connectivity index is 1.50. The summed E-state index contributed by atoms with van der Waals surface area (Å²) in [5, 5.41) is 6.33. The predicted molar refractivity (Wildman–Crippen MR) is 147 cm³/mol. The molecule has 0 radical (unpaired) electrons. The Labute approximate surface area is 225 Å². The van der Waals surface area contributed by atoms with Crippen LogP contribution in [0.5, 0.6) is 5.75 Å². The second-order valence-electron chi connectivity index (χ2n) is 10.3. The first-order valence-corrected chi connectivity index (χ1v) is 13.8. The molecule has 38 heavy (non-hydrogen) atoms. The Morgan fingerprint density at radius 2 is 1.66 bits per heavy atom. The zero-order valence-corrected chi connectivity index (χ0v) is 23.0. The normalized spacial score (nSPS) is 19.5. The van der Waals surface area contributed by atoms with E-state index in [1.807, 2.05) is 49.9 Å². The largest absolute Gasteiger partial charge is 0.469 e. The highest BCUT2D eigenvalue weighted by Gasteiger charge is 2.63. The maximum Gasteiger partial charge on any atom is 0.327 e. The highest BCUT2D eigenvalue weighted by atomic mass is 16.5. The lowest BCUT2D eigenvalue weighted by atomic mass is 9.72. The van der Waals surface area contributed by atoms with Crippen molar-refractivity contribution in [2.24, 2.45) is 5.41 Å². The van der Waals surface area contributed by atoms with E-state index in [-0.39, 0.29) is 17.9 Å². The molecule has 2 fully saturated rings. The number of benzene rings is 2. The fourth-order valence-corrected chi connectivity index (χ4v) is 5.38. The average Bonchev–Trinajstić information content (AvgIpc) is 2.94. The van der Waals surface area contributed by atoms with Gasteiger partial charge in [-0.1, -0.05) is 57.0 Å². The van der Waals surface area contributed by atoms with Gasteiger partial charge in [-0.3, -0.25) is 9.59 Å². The molecule has 2 atom stereocenters. The average molecular weight is 521 g/mol. The summed E-state index contributed by atoms with van der Waals surface area (Å²) in [6.07, 6.45) is 2.05. The molecule has 2 aliphatic rings. The third-order valence-electron chi connectivity index (χ3n) is 7.94. The van der Waals surface area contributed by atoms with Gasteiger partial charge in [0.2, 0.25) is 5.91 Å². The molecule has 0 spiro atoms. The molecule has 2 aromatic carbocycles. The maximum atomic E-state index is 13.5. The van der Waals surface area contributed by atoms with Crippen LogP contribution in [0, 0.1) is 12.3 Å². The second-order valence-corrected chi connectivity index (χ2v) is 10.3. The minimum absolute atomic E-state index is 0.00703. The number of likely N-dealkylation sites (tertiary alicyclic amines) is 1. The van der Waals surface area contributed by atoms with E-state index < -0.39 is 17.7 Å². The Kier molecular flexibility index (Phi) is 8.72. The highest BCUT2D eigenvalue weighted by molar-refractivity contribution is 6.03. The first-order valence-electron chi connectivity index (χ1n) is 13.8. The summed E-state index contributed by atoms with van der Waals surface area (Å²) >= 11 is 0. The smallest absolute Gasteiger partial charge is 0.327 e. The first-order chi connectivity index (χ1) is 18.3. The second kappa shape index (κ2) is 12.0. The Morgan fingerprint density at radius 1 is 1.03 bits per heavy atom. The highest BCUT2D eigenvalue weighted by Crippen LogP contribution is 2.46. The number of carbonyl (C=O) groups is 3. The summed E-state index contributed by atoms with van der Waals surface area (Å²) in [6, 6.07) is 14.4. The molecule has 8 heteroatoms. The Bertz CT molecular complexity index is 1120. The molecule has 0 aliphatic carbocycles. The van der Waals surface area contributed by atoms with Gasteiger partial charge in [0.25, 0.3) is 5.91 Å². The molecule has 8 nitrogen and oxygen atoms in total. The molecule has 204 valence electrons. The van der Waals surface area contributed by atoms with Gasteiger partial charge in [0.1, 0.15) is 11.2 Å². The topological polar surface area (TPSA) is 91.0 Å². The van der Waals surface area contributed by atoms with Gasteiger partial charge in [-0.2, -0.15) is 0 Å². The molecule has 0 saturated carbocycles. The van der Waals surface area contributed by atoms with Crippen LogP contribution in [0.3, 0.4) is 0 Å². The minimum atomic E-state index is -0.767. The number of aryl methyl sites for hydroxylation is 1. The summed E-state index contributed by atoms with van der Waals surface area (Å²) in [5.41, 5.74) is 1.99. The molecule has 0 aromatic heterocycles. The fourth-order valence-electron chi connectivity index (χ4n) is 5.38. The van der Waals surface area contributed by atoms with Gasteiger partial charge in [0.15, 0.2) is 6.23 Å². The van der Waals surface area contributed by atoms with Crippen LogP contribution in [-0.2, 0) is 4.79 Å². The number of urea groups is 1. The van der Waals surface area contributed by atoms with Gasteiger partial charge in [0.05, 0.1) is 6.04 Å². The molecule has 0 unspecified atom stereocenters. The number of amides is 4. The van der Waals surface area contributed by atoms with Crippen molar-refractivity contribution < 1.29 is 19.1 Å². The number of nitrogens with one attached hydrogen (secondary N) is 2. The van der Waals surface area contributed by atoms with E-state index in [1.165, 1.54) is 4.90 Å². The third kappa shape index (κ3) is 5.41. The van der Waals surface area contributed by atoms with Crippen molar-refractivity contribution in [2.45, 2.75) is 65.6 Å². The Morgan fingerprint density at radius 3 is 2.24 bits per heavy atom. The van der Waals surface area contributed by atoms with E-state index in [4.69, 9.17) is 4.74 Å². The summed E-state index contributed by atoms with van der Waals surface area (Å²) < 4.78 is 6.30. The molecule has 2 heterocycles. The van der Waals surface area contributed by atoms with Gasteiger partial charge in [-0.25, -0.2) is 9.69 Å². The monoisotopic (exact) mass is 520 g/mol. The van der Waals surface area contributed by atoms with Gasteiger partial charge in [-0.05, 0) is 56.0 Å². The van der Waals surface area contributed by atoms with E-state index in [9.17, 15) is 14.4 Å². The number of hydrogen-bond acceptors (Lipinski definition) is 5. The molecule has 2 saturated heterocycles. The summed E-state index contributed by atoms with van der Waals surface area (Å²) in [4.78, 5) is 42.7. The van der Waals surface area contributed by atoms with Crippen LogP contribution in [0.15, 0.2) is 48.5 Å². The van der Waals surface area contributed by atoms with Crippen molar-refractivity contribution >= 4 is 17.8 Å². The van der Waals surface area contributed by atoms with E-state index in [2.05, 4.69) is 17.6 Å². The van der Waals surface area contributed by atoms with Gasteiger partial charge in [-0.15, -0.1) is 0 Å². The van der Waals surface area contributed by atoms with Gasteiger partial charge in [0, 0.05) is 31.7 Å². The molecular formula is C30H40N4O4. The number of rotatable bonds is 9. The maximum absolute atomic E-state index is 13.5. The van der Waals surface area contributed by atoms with Crippen LogP contribution in [-0.4, -0.2) is 60.1 Å². The number of ether oxygens (including phenoxy) is 1. The van der Waals surface area contributed by atoms with E-state index >= 15 is 0 Å². The Hall–Kier alpha value is -3.39. The SMILES string of the molecule is CCC[C@@H](NC(=O)N1C(=O)C(CC)(CC)[C@@H]1Oc1ccc(C(=O)N2CCNCC2)cc1)c1ccc(C)cc1. The van der Waals surface area contributed by atoms with Crippen molar-refractivity contribution in [1.29, 1.82) is 0 Å². The zero-order valence-electron chi connectivity index (χ0n) is 23.0. The minimum Gasteiger partial charge on any atom is -0.469 e. The van der Waals surface area contributed by atoms with Crippen LogP contribution in [0.25, 0.3) is 0 Å². The number of piperazine rings is 1. The van der Waals surface area contributed by atoms with Crippen molar-refractivity contribution in [3.8, 4) is 5.75 Å². The van der Waals surface area contributed by atoms with Crippen molar-refractivity contribution in [3.63, 3.8) is 0 Å². The molecule has 2 aliphatic heterocycles.